The van der Waals surface area contributed by atoms with Gasteiger partial charge in [0.25, 0.3) is 5.91 Å². The van der Waals surface area contributed by atoms with Crippen molar-refractivity contribution in [2.45, 2.75) is 30.0 Å². The predicted molar refractivity (Wildman–Crippen MR) is 105 cm³/mol. The summed E-state index contributed by atoms with van der Waals surface area (Å²) in [6.07, 6.45) is 1.01. The molecule has 0 radical (unpaired) electrons. The molecule has 1 aromatic carbocycles. The highest BCUT2D eigenvalue weighted by Gasteiger charge is 2.32. The van der Waals surface area contributed by atoms with E-state index >= 15 is 0 Å². The Kier molecular flexibility index (Phi) is 7.16. The van der Waals surface area contributed by atoms with Crippen molar-refractivity contribution < 1.29 is 4.79 Å². The van der Waals surface area contributed by atoms with Crippen LogP contribution in [0.3, 0.4) is 0 Å². The van der Waals surface area contributed by atoms with Gasteiger partial charge in [-0.05, 0) is 49.4 Å². The minimum Gasteiger partial charge on any atom is -0.336 e. The van der Waals surface area contributed by atoms with E-state index in [9.17, 15) is 4.79 Å². The molecule has 2 heterocycles. The Morgan fingerprint density at radius 3 is 2.79 bits per heavy atom. The summed E-state index contributed by atoms with van der Waals surface area (Å²) in [4.78, 5) is 17.4. The maximum Gasteiger partial charge on any atom is 0.255 e. The SMILES string of the molecule is CC1CC(CN)CN1C(=O)c1ccccc1SCc1cccs1.Cl. The van der Waals surface area contributed by atoms with E-state index in [2.05, 4.69) is 24.4 Å². The summed E-state index contributed by atoms with van der Waals surface area (Å²) >= 11 is 3.49. The molecule has 1 aliphatic rings. The van der Waals surface area contributed by atoms with Crippen LogP contribution in [0.15, 0.2) is 46.7 Å². The first-order valence-corrected chi connectivity index (χ1v) is 9.80. The summed E-state index contributed by atoms with van der Waals surface area (Å²) in [6.45, 7) is 3.55. The number of nitrogens with zero attached hydrogens (tertiary/aromatic N) is 1. The van der Waals surface area contributed by atoms with Crippen molar-refractivity contribution in [3.63, 3.8) is 0 Å². The fraction of sp³-hybridized carbons (Fsp3) is 0.389. The number of nitrogens with two attached hydrogens (primary N) is 1. The van der Waals surface area contributed by atoms with Gasteiger partial charge in [-0.3, -0.25) is 4.79 Å². The molecule has 0 saturated carbocycles. The molecule has 1 saturated heterocycles. The van der Waals surface area contributed by atoms with E-state index in [0.29, 0.717) is 12.5 Å². The van der Waals surface area contributed by atoms with Crippen LogP contribution in [0.4, 0.5) is 0 Å². The summed E-state index contributed by atoms with van der Waals surface area (Å²) < 4.78 is 0. The first kappa shape index (κ1) is 19.3. The molecule has 3 nitrogen and oxygen atoms in total. The van der Waals surface area contributed by atoms with E-state index in [-0.39, 0.29) is 24.4 Å². The Bertz CT molecular complexity index is 663. The minimum atomic E-state index is 0. The smallest absolute Gasteiger partial charge is 0.255 e. The average molecular weight is 383 g/mol. The molecule has 3 rings (SSSR count). The second kappa shape index (κ2) is 8.90. The predicted octanol–water partition coefficient (Wildman–Crippen LogP) is 4.27. The Hall–Kier alpha value is -1.01. The molecule has 0 bridgehead atoms. The molecule has 2 atom stereocenters. The van der Waals surface area contributed by atoms with Gasteiger partial charge in [0, 0.05) is 28.1 Å². The number of benzene rings is 1. The third-order valence-electron chi connectivity index (χ3n) is 4.32. The highest BCUT2D eigenvalue weighted by atomic mass is 35.5. The lowest BCUT2D eigenvalue weighted by Gasteiger charge is -2.22. The molecule has 1 aromatic heterocycles. The highest BCUT2D eigenvalue weighted by Crippen LogP contribution is 2.31. The van der Waals surface area contributed by atoms with Crippen molar-refractivity contribution in [3.8, 4) is 0 Å². The summed E-state index contributed by atoms with van der Waals surface area (Å²) in [6, 6.07) is 12.4. The second-order valence-electron chi connectivity index (χ2n) is 6.01. The van der Waals surface area contributed by atoms with Crippen LogP contribution in [0.2, 0.25) is 0 Å². The number of thioether (sulfide) groups is 1. The van der Waals surface area contributed by atoms with Crippen LogP contribution >= 0.6 is 35.5 Å². The first-order chi connectivity index (χ1) is 11.2. The van der Waals surface area contributed by atoms with Gasteiger partial charge in [0.15, 0.2) is 0 Å². The number of hydrogen-bond acceptors (Lipinski definition) is 4. The van der Waals surface area contributed by atoms with Crippen molar-refractivity contribution in [3.05, 3.63) is 52.2 Å². The lowest BCUT2D eigenvalue weighted by molar-refractivity contribution is 0.0740. The van der Waals surface area contributed by atoms with Crippen LogP contribution in [-0.2, 0) is 5.75 Å². The van der Waals surface area contributed by atoms with E-state index < -0.39 is 0 Å². The van der Waals surface area contributed by atoms with E-state index in [1.807, 2.05) is 29.2 Å². The van der Waals surface area contributed by atoms with Crippen molar-refractivity contribution in [2.75, 3.05) is 13.1 Å². The van der Waals surface area contributed by atoms with Gasteiger partial charge >= 0.3 is 0 Å². The summed E-state index contributed by atoms with van der Waals surface area (Å²) in [5, 5.41) is 2.09. The van der Waals surface area contributed by atoms with Crippen LogP contribution in [-0.4, -0.2) is 29.9 Å². The van der Waals surface area contributed by atoms with Gasteiger partial charge in [-0.25, -0.2) is 0 Å². The molecule has 1 fully saturated rings. The van der Waals surface area contributed by atoms with E-state index in [1.165, 1.54) is 4.88 Å². The van der Waals surface area contributed by atoms with Gasteiger partial charge in [-0.1, -0.05) is 18.2 Å². The minimum absolute atomic E-state index is 0. The molecule has 1 aliphatic heterocycles. The van der Waals surface area contributed by atoms with Crippen molar-refractivity contribution in [1.29, 1.82) is 0 Å². The van der Waals surface area contributed by atoms with Crippen molar-refractivity contribution >= 4 is 41.4 Å². The largest absolute Gasteiger partial charge is 0.336 e. The zero-order valence-corrected chi connectivity index (χ0v) is 16.1. The van der Waals surface area contributed by atoms with Gasteiger partial charge < -0.3 is 10.6 Å². The number of rotatable bonds is 5. The molecule has 2 unspecified atom stereocenters. The summed E-state index contributed by atoms with van der Waals surface area (Å²) in [5.74, 6) is 1.48. The molecular formula is C18H23ClN2OS2. The topological polar surface area (TPSA) is 46.3 Å². The number of likely N-dealkylation sites (tertiary alicyclic amines) is 1. The summed E-state index contributed by atoms with van der Waals surface area (Å²) in [7, 11) is 0. The number of hydrogen-bond donors (Lipinski definition) is 1. The lowest BCUT2D eigenvalue weighted by atomic mass is 10.1. The fourth-order valence-electron chi connectivity index (χ4n) is 3.06. The zero-order chi connectivity index (χ0) is 16.2. The number of carbonyl (C=O) groups is 1. The molecule has 6 heteroatoms. The number of carbonyl (C=O) groups excluding carboxylic acids is 1. The van der Waals surface area contributed by atoms with Gasteiger partial charge in [0.1, 0.15) is 0 Å². The zero-order valence-electron chi connectivity index (χ0n) is 13.7. The quantitative estimate of drug-likeness (QED) is 0.785. The molecule has 2 aromatic rings. The standard InChI is InChI=1S/C18H22N2OS2.ClH/c1-13-9-14(10-19)11-20(13)18(21)16-6-2-3-7-17(16)23-12-15-5-4-8-22-15;/h2-8,13-14H,9-12,19H2,1H3;1H. The molecule has 0 spiro atoms. The molecule has 130 valence electrons. The van der Waals surface area contributed by atoms with Gasteiger partial charge in [-0.15, -0.1) is 35.5 Å². The highest BCUT2D eigenvalue weighted by molar-refractivity contribution is 7.98. The van der Waals surface area contributed by atoms with E-state index in [0.717, 1.165) is 29.2 Å². The Morgan fingerprint density at radius 1 is 1.33 bits per heavy atom. The van der Waals surface area contributed by atoms with Gasteiger partial charge in [0.05, 0.1) is 5.56 Å². The monoisotopic (exact) mass is 382 g/mol. The Labute approximate surface area is 158 Å². The van der Waals surface area contributed by atoms with Crippen LogP contribution in [0.25, 0.3) is 0 Å². The Balaban J connectivity index is 0.00000208. The molecule has 2 N–H and O–H groups in total. The normalized spacial score (nSPS) is 20.0. The van der Waals surface area contributed by atoms with E-state index in [1.54, 1.807) is 23.1 Å². The van der Waals surface area contributed by atoms with Crippen LogP contribution < -0.4 is 5.73 Å². The third kappa shape index (κ3) is 4.33. The number of amides is 1. The van der Waals surface area contributed by atoms with Gasteiger partial charge in [-0.2, -0.15) is 0 Å². The van der Waals surface area contributed by atoms with E-state index in [4.69, 9.17) is 5.73 Å². The molecule has 24 heavy (non-hydrogen) atoms. The second-order valence-corrected chi connectivity index (χ2v) is 8.06. The van der Waals surface area contributed by atoms with Crippen LogP contribution in [0, 0.1) is 5.92 Å². The third-order valence-corrected chi connectivity index (χ3v) is 6.50. The molecule has 1 amide bonds. The lowest BCUT2D eigenvalue weighted by Crippen LogP contribution is -2.34. The number of halogens is 1. The summed E-state index contributed by atoms with van der Waals surface area (Å²) in [5.41, 5.74) is 6.61. The van der Waals surface area contributed by atoms with Gasteiger partial charge in [0.2, 0.25) is 0 Å². The fourth-order valence-corrected chi connectivity index (χ4v) is 4.88. The Morgan fingerprint density at radius 2 is 2.12 bits per heavy atom. The molecule has 0 aliphatic carbocycles. The van der Waals surface area contributed by atoms with Crippen molar-refractivity contribution in [2.24, 2.45) is 11.7 Å². The van der Waals surface area contributed by atoms with Crippen molar-refractivity contribution in [1.82, 2.24) is 4.90 Å². The first-order valence-electron chi connectivity index (χ1n) is 7.94. The molecular weight excluding hydrogens is 360 g/mol. The van der Waals surface area contributed by atoms with Crippen LogP contribution in [0.5, 0.6) is 0 Å². The number of thiophene rings is 1. The van der Waals surface area contributed by atoms with Crippen LogP contribution in [0.1, 0.15) is 28.6 Å². The maximum atomic E-state index is 13.0. The maximum absolute atomic E-state index is 13.0. The average Bonchev–Trinajstić information content (AvgIpc) is 3.22.